The lowest BCUT2D eigenvalue weighted by Gasteiger charge is -2.16. The van der Waals surface area contributed by atoms with E-state index in [2.05, 4.69) is 6.92 Å². The Morgan fingerprint density at radius 2 is 1.26 bits per heavy atom. The zero-order chi connectivity index (χ0) is 19.7. The minimum Gasteiger partial charge on any atom is -0.508 e. The molecule has 3 nitrogen and oxygen atoms in total. The number of carbonyl (C=O) groups is 1. The van der Waals surface area contributed by atoms with Crippen LogP contribution in [0.5, 0.6) is 5.75 Å². The summed E-state index contributed by atoms with van der Waals surface area (Å²) in [6.07, 6.45) is 18.0. The molecule has 154 valence electrons. The van der Waals surface area contributed by atoms with Crippen LogP contribution < -0.4 is 0 Å². The molecular weight excluding hydrogens is 336 g/mol. The number of carboxylic acid groups (broad SMARTS) is 1. The van der Waals surface area contributed by atoms with E-state index < -0.39 is 5.97 Å². The van der Waals surface area contributed by atoms with Crippen molar-refractivity contribution in [1.82, 2.24) is 0 Å². The van der Waals surface area contributed by atoms with Crippen LogP contribution >= 0.6 is 0 Å². The minimum atomic E-state index is -0.728. The van der Waals surface area contributed by atoms with Crippen LogP contribution in [0.25, 0.3) is 0 Å². The van der Waals surface area contributed by atoms with E-state index in [4.69, 9.17) is 5.11 Å². The Morgan fingerprint density at radius 1 is 0.778 bits per heavy atom. The highest BCUT2D eigenvalue weighted by Gasteiger charge is 2.13. The summed E-state index contributed by atoms with van der Waals surface area (Å²) in [6, 6.07) is 7.27. The van der Waals surface area contributed by atoms with Crippen molar-refractivity contribution in [1.29, 1.82) is 0 Å². The molecule has 0 fully saturated rings. The summed E-state index contributed by atoms with van der Waals surface area (Å²) >= 11 is 0. The number of aliphatic carboxylic acids is 1. The molecule has 1 aromatic rings. The predicted molar refractivity (Wildman–Crippen MR) is 113 cm³/mol. The van der Waals surface area contributed by atoms with Crippen molar-refractivity contribution < 1.29 is 15.0 Å². The van der Waals surface area contributed by atoms with E-state index in [9.17, 15) is 9.90 Å². The molecule has 3 heteroatoms. The standard InChI is InChI=1S/C24H40O3/c1-2-3-4-5-6-7-8-9-10-11-12-13-14-21(17-20-24(26)27)22-15-18-23(25)19-16-22/h15-16,18-19,21,25H,2-14,17,20H2,1H3,(H,26,27). The highest BCUT2D eigenvalue weighted by molar-refractivity contribution is 5.66. The van der Waals surface area contributed by atoms with E-state index in [1.165, 1.54) is 70.6 Å². The molecule has 1 atom stereocenters. The summed E-state index contributed by atoms with van der Waals surface area (Å²) in [4.78, 5) is 10.9. The Morgan fingerprint density at radius 3 is 1.74 bits per heavy atom. The molecule has 0 aliphatic heterocycles. The van der Waals surface area contributed by atoms with Crippen molar-refractivity contribution in [3.8, 4) is 5.75 Å². The third-order valence-corrected chi connectivity index (χ3v) is 5.48. The molecule has 0 saturated carbocycles. The van der Waals surface area contributed by atoms with Crippen molar-refractivity contribution in [2.75, 3.05) is 0 Å². The molecule has 0 bridgehead atoms. The number of aromatic hydroxyl groups is 1. The van der Waals surface area contributed by atoms with Crippen molar-refractivity contribution in [3.63, 3.8) is 0 Å². The van der Waals surface area contributed by atoms with Crippen LogP contribution in [0.15, 0.2) is 24.3 Å². The fourth-order valence-electron chi connectivity index (χ4n) is 3.75. The zero-order valence-electron chi connectivity index (χ0n) is 17.3. The van der Waals surface area contributed by atoms with Crippen LogP contribution in [-0.2, 0) is 4.79 Å². The fraction of sp³-hybridized carbons (Fsp3) is 0.708. The average molecular weight is 377 g/mol. The van der Waals surface area contributed by atoms with E-state index in [1.54, 1.807) is 12.1 Å². The van der Waals surface area contributed by atoms with Gasteiger partial charge in [0.05, 0.1) is 0 Å². The Labute approximate surface area is 166 Å². The van der Waals surface area contributed by atoms with Gasteiger partial charge in [-0.15, -0.1) is 0 Å². The van der Waals surface area contributed by atoms with Gasteiger partial charge in [-0.3, -0.25) is 4.79 Å². The first-order chi connectivity index (χ1) is 13.1. The molecule has 1 aromatic carbocycles. The second-order valence-electron chi connectivity index (χ2n) is 7.90. The zero-order valence-corrected chi connectivity index (χ0v) is 17.3. The molecule has 0 heterocycles. The third kappa shape index (κ3) is 12.5. The second kappa shape index (κ2) is 15.5. The summed E-state index contributed by atoms with van der Waals surface area (Å²) in [5.74, 6) is -0.181. The van der Waals surface area contributed by atoms with E-state index in [0.717, 1.165) is 18.4 Å². The van der Waals surface area contributed by atoms with Gasteiger partial charge < -0.3 is 10.2 Å². The number of unbranched alkanes of at least 4 members (excludes halogenated alkanes) is 11. The van der Waals surface area contributed by atoms with Gasteiger partial charge >= 0.3 is 5.97 Å². The Balaban J connectivity index is 2.13. The van der Waals surface area contributed by atoms with Crippen LogP contribution in [0.1, 0.15) is 115 Å². The predicted octanol–water partition coefficient (Wildman–Crippen LogP) is 7.43. The van der Waals surface area contributed by atoms with E-state index >= 15 is 0 Å². The van der Waals surface area contributed by atoms with Gasteiger partial charge in [0.15, 0.2) is 0 Å². The number of phenols is 1. The normalized spacial score (nSPS) is 12.2. The molecule has 0 radical (unpaired) electrons. The van der Waals surface area contributed by atoms with Crippen molar-refractivity contribution in [2.24, 2.45) is 0 Å². The maximum atomic E-state index is 10.9. The van der Waals surface area contributed by atoms with Crippen LogP contribution in [-0.4, -0.2) is 16.2 Å². The van der Waals surface area contributed by atoms with Gasteiger partial charge in [0.2, 0.25) is 0 Å². The largest absolute Gasteiger partial charge is 0.508 e. The number of hydrogen-bond donors (Lipinski definition) is 2. The lowest BCUT2D eigenvalue weighted by Crippen LogP contribution is -2.03. The lowest BCUT2D eigenvalue weighted by molar-refractivity contribution is -0.137. The van der Waals surface area contributed by atoms with Crippen molar-refractivity contribution in [2.45, 2.75) is 109 Å². The summed E-state index contributed by atoms with van der Waals surface area (Å²) in [6.45, 7) is 2.26. The molecule has 0 aromatic heterocycles. The average Bonchev–Trinajstić information content (AvgIpc) is 2.65. The Kier molecular flexibility index (Phi) is 13.5. The topological polar surface area (TPSA) is 57.5 Å². The minimum absolute atomic E-state index is 0.212. The van der Waals surface area contributed by atoms with Gasteiger partial charge in [0.1, 0.15) is 5.75 Å². The molecule has 27 heavy (non-hydrogen) atoms. The highest BCUT2D eigenvalue weighted by Crippen LogP contribution is 2.29. The van der Waals surface area contributed by atoms with Gasteiger partial charge in [0.25, 0.3) is 0 Å². The SMILES string of the molecule is CCCCCCCCCCCCCCC(CCC(=O)O)c1ccc(O)cc1. The van der Waals surface area contributed by atoms with Gasteiger partial charge in [-0.1, -0.05) is 96.1 Å². The van der Waals surface area contributed by atoms with Crippen LogP contribution in [0.4, 0.5) is 0 Å². The van der Waals surface area contributed by atoms with E-state index in [0.29, 0.717) is 6.42 Å². The van der Waals surface area contributed by atoms with Crippen LogP contribution in [0.3, 0.4) is 0 Å². The molecule has 1 rings (SSSR count). The quantitative estimate of drug-likeness (QED) is 0.278. The first-order valence-electron chi connectivity index (χ1n) is 11.1. The summed E-state index contributed by atoms with van der Waals surface area (Å²) < 4.78 is 0. The smallest absolute Gasteiger partial charge is 0.303 e. The number of hydrogen-bond acceptors (Lipinski definition) is 2. The number of carboxylic acids is 1. The summed E-state index contributed by atoms with van der Waals surface area (Å²) in [5, 5.41) is 18.4. The van der Waals surface area contributed by atoms with E-state index in [-0.39, 0.29) is 18.1 Å². The van der Waals surface area contributed by atoms with Gasteiger partial charge in [-0.2, -0.15) is 0 Å². The molecular formula is C24H40O3. The first-order valence-corrected chi connectivity index (χ1v) is 11.1. The fourth-order valence-corrected chi connectivity index (χ4v) is 3.75. The Hall–Kier alpha value is -1.51. The summed E-state index contributed by atoms with van der Waals surface area (Å²) in [7, 11) is 0. The molecule has 0 aliphatic carbocycles. The molecule has 0 saturated heterocycles. The molecule has 0 aliphatic rings. The molecule has 2 N–H and O–H groups in total. The summed E-state index contributed by atoms with van der Waals surface area (Å²) in [5.41, 5.74) is 1.15. The maximum Gasteiger partial charge on any atom is 0.303 e. The highest BCUT2D eigenvalue weighted by atomic mass is 16.4. The van der Waals surface area contributed by atoms with Gasteiger partial charge in [-0.25, -0.2) is 0 Å². The lowest BCUT2D eigenvalue weighted by atomic mass is 9.89. The maximum absolute atomic E-state index is 10.9. The number of phenolic OH excluding ortho intramolecular Hbond substituents is 1. The number of rotatable bonds is 17. The van der Waals surface area contributed by atoms with Crippen LogP contribution in [0, 0.1) is 0 Å². The molecule has 0 amide bonds. The van der Waals surface area contributed by atoms with Crippen molar-refractivity contribution >= 4 is 5.97 Å². The molecule has 1 unspecified atom stereocenters. The first kappa shape index (κ1) is 23.5. The van der Waals surface area contributed by atoms with Gasteiger partial charge in [0, 0.05) is 6.42 Å². The van der Waals surface area contributed by atoms with E-state index in [1.807, 2.05) is 12.1 Å². The van der Waals surface area contributed by atoms with Crippen molar-refractivity contribution in [3.05, 3.63) is 29.8 Å². The number of benzene rings is 1. The van der Waals surface area contributed by atoms with Crippen LogP contribution in [0.2, 0.25) is 0 Å². The third-order valence-electron chi connectivity index (χ3n) is 5.48. The monoisotopic (exact) mass is 376 g/mol. The molecule has 0 spiro atoms. The second-order valence-corrected chi connectivity index (χ2v) is 7.90. The van der Waals surface area contributed by atoms with Gasteiger partial charge in [-0.05, 0) is 36.5 Å². The Bertz CT molecular complexity index is 481.